The summed E-state index contributed by atoms with van der Waals surface area (Å²) in [7, 11) is 0. The molecule has 1 rings (SSSR count). The van der Waals surface area contributed by atoms with E-state index >= 15 is 0 Å². The van der Waals surface area contributed by atoms with Crippen LogP contribution in [0.4, 0.5) is 5.69 Å². The molecule has 1 aromatic rings. The van der Waals surface area contributed by atoms with Crippen molar-refractivity contribution in [3.63, 3.8) is 0 Å². The summed E-state index contributed by atoms with van der Waals surface area (Å²) in [6, 6.07) is 4.77. The Balaban J connectivity index is 2.95. The summed E-state index contributed by atoms with van der Waals surface area (Å²) in [6.45, 7) is 4.87. The summed E-state index contributed by atoms with van der Waals surface area (Å²) in [4.78, 5) is 23.1. The Morgan fingerprint density at radius 1 is 1.50 bits per heavy atom. The zero-order chi connectivity index (χ0) is 15.3. The first kappa shape index (κ1) is 16.6. The minimum atomic E-state index is -0.910. The van der Waals surface area contributed by atoms with E-state index in [2.05, 4.69) is 15.9 Å². The van der Waals surface area contributed by atoms with Crippen LogP contribution in [-0.2, 0) is 11.3 Å². The van der Waals surface area contributed by atoms with E-state index in [0.29, 0.717) is 29.0 Å². The van der Waals surface area contributed by atoms with Crippen molar-refractivity contribution < 1.29 is 14.8 Å². The number of carboxylic acid groups (broad SMARTS) is 1. The van der Waals surface area contributed by atoms with Gasteiger partial charge in [0.25, 0.3) is 5.69 Å². The molecule has 0 atom stereocenters. The molecule has 0 radical (unpaired) electrons. The SMILES string of the molecule is CC(C)CN(CC(=O)O)Cc1cccc([N+](=O)[O-])c1Br. The fourth-order valence-corrected chi connectivity index (χ4v) is 2.50. The van der Waals surface area contributed by atoms with Crippen molar-refractivity contribution in [2.75, 3.05) is 13.1 Å². The lowest BCUT2D eigenvalue weighted by molar-refractivity contribution is -0.385. The third-order valence-electron chi connectivity index (χ3n) is 2.63. The number of carbonyl (C=O) groups is 1. The fourth-order valence-electron chi connectivity index (χ4n) is 1.96. The lowest BCUT2D eigenvalue weighted by Crippen LogP contribution is -2.32. The van der Waals surface area contributed by atoms with E-state index in [4.69, 9.17) is 5.11 Å². The minimum absolute atomic E-state index is 0.0117. The van der Waals surface area contributed by atoms with Crippen LogP contribution >= 0.6 is 15.9 Å². The summed E-state index contributed by atoms with van der Waals surface area (Å²) in [5.41, 5.74) is 0.698. The Morgan fingerprint density at radius 2 is 2.15 bits per heavy atom. The molecule has 1 aromatic carbocycles. The van der Waals surface area contributed by atoms with E-state index in [1.54, 1.807) is 17.0 Å². The summed E-state index contributed by atoms with van der Waals surface area (Å²) in [6.07, 6.45) is 0. The zero-order valence-electron chi connectivity index (χ0n) is 11.4. The van der Waals surface area contributed by atoms with Crippen LogP contribution in [0.25, 0.3) is 0 Å². The first-order chi connectivity index (χ1) is 9.31. The molecule has 0 fully saturated rings. The van der Waals surface area contributed by atoms with Gasteiger partial charge in [0.1, 0.15) is 0 Å². The topological polar surface area (TPSA) is 83.7 Å². The number of rotatable bonds is 7. The van der Waals surface area contributed by atoms with Gasteiger partial charge in [0.05, 0.1) is 15.9 Å². The number of hydrogen-bond donors (Lipinski definition) is 1. The van der Waals surface area contributed by atoms with Gasteiger partial charge in [-0.15, -0.1) is 0 Å². The van der Waals surface area contributed by atoms with Gasteiger partial charge in [-0.05, 0) is 27.4 Å². The van der Waals surface area contributed by atoms with Gasteiger partial charge in [-0.1, -0.05) is 26.0 Å². The maximum absolute atomic E-state index is 10.9. The molecule has 0 unspecified atom stereocenters. The van der Waals surface area contributed by atoms with Crippen LogP contribution in [0, 0.1) is 16.0 Å². The second-order valence-corrected chi connectivity index (χ2v) is 5.76. The molecule has 6 nitrogen and oxygen atoms in total. The Morgan fingerprint density at radius 3 is 2.65 bits per heavy atom. The van der Waals surface area contributed by atoms with E-state index in [9.17, 15) is 14.9 Å². The summed E-state index contributed by atoms with van der Waals surface area (Å²) >= 11 is 3.23. The van der Waals surface area contributed by atoms with Crippen molar-refractivity contribution in [2.24, 2.45) is 5.92 Å². The van der Waals surface area contributed by atoms with Crippen LogP contribution < -0.4 is 0 Å². The average Bonchev–Trinajstić information content (AvgIpc) is 2.29. The van der Waals surface area contributed by atoms with Gasteiger partial charge in [-0.25, -0.2) is 0 Å². The van der Waals surface area contributed by atoms with Crippen LogP contribution in [0.5, 0.6) is 0 Å². The van der Waals surface area contributed by atoms with Crippen LogP contribution in [0.3, 0.4) is 0 Å². The first-order valence-electron chi connectivity index (χ1n) is 6.17. The van der Waals surface area contributed by atoms with E-state index in [-0.39, 0.29) is 12.2 Å². The van der Waals surface area contributed by atoms with Crippen molar-refractivity contribution in [3.8, 4) is 0 Å². The Bertz CT molecular complexity index is 505. The normalized spacial score (nSPS) is 11.1. The van der Waals surface area contributed by atoms with Crippen molar-refractivity contribution in [1.82, 2.24) is 4.90 Å². The van der Waals surface area contributed by atoms with E-state index < -0.39 is 10.9 Å². The third kappa shape index (κ3) is 4.90. The van der Waals surface area contributed by atoms with E-state index in [0.717, 1.165) is 0 Å². The minimum Gasteiger partial charge on any atom is -0.480 e. The zero-order valence-corrected chi connectivity index (χ0v) is 13.0. The van der Waals surface area contributed by atoms with Gasteiger partial charge in [0.2, 0.25) is 0 Å². The Kier molecular flexibility index (Phi) is 6.09. The number of nitro benzene ring substituents is 1. The molecule has 0 amide bonds. The van der Waals surface area contributed by atoms with Gasteiger partial charge in [-0.3, -0.25) is 19.8 Å². The summed E-state index contributed by atoms with van der Waals surface area (Å²) in [5, 5.41) is 19.8. The predicted octanol–water partition coefficient (Wildman–Crippen LogP) is 2.90. The maximum Gasteiger partial charge on any atom is 0.317 e. The molecule has 7 heteroatoms. The molecule has 0 aromatic heterocycles. The molecule has 0 aliphatic rings. The molecule has 110 valence electrons. The van der Waals surface area contributed by atoms with E-state index in [1.807, 2.05) is 13.8 Å². The number of benzene rings is 1. The van der Waals surface area contributed by atoms with Gasteiger partial charge in [0.15, 0.2) is 0 Å². The molecule has 0 bridgehead atoms. The highest BCUT2D eigenvalue weighted by atomic mass is 79.9. The van der Waals surface area contributed by atoms with Gasteiger partial charge < -0.3 is 5.11 Å². The van der Waals surface area contributed by atoms with E-state index in [1.165, 1.54) is 6.07 Å². The summed E-state index contributed by atoms with van der Waals surface area (Å²) < 4.78 is 0.407. The lowest BCUT2D eigenvalue weighted by Gasteiger charge is -2.22. The highest BCUT2D eigenvalue weighted by molar-refractivity contribution is 9.10. The first-order valence-corrected chi connectivity index (χ1v) is 6.96. The molecule has 20 heavy (non-hydrogen) atoms. The molecule has 0 aliphatic carbocycles. The van der Waals surface area contributed by atoms with Crippen LogP contribution in [0.1, 0.15) is 19.4 Å². The average molecular weight is 345 g/mol. The van der Waals surface area contributed by atoms with Crippen molar-refractivity contribution in [3.05, 3.63) is 38.3 Å². The Hall–Kier alpha value is -1.47. The summed E-state index contributed by atoms with van der Waals surface area (Å²) in [5.74, 6) is -0.598. The van der Waals surface area contributed by atoms with Gasteiger partial charge >= 0.3 is 5.97 Å². The number of aliphatic carboxylic acids is 1. The molecule has 0 saturated heterocycles. The quantitative estimate of drug-likeness (QED) is 0.607. The Labute approximate surface area is 125 Å². The van der Waals surface area contributed by atoms with Crippen LogP contribution in [0.15, 0.2) is 22.7 Å². The largest absolute Gasteiger partial charge is 0.480 e. The number of carboxylic acids is 1. The predicted molar refractivity (Wildman–Crippen MR) is 78.5 cm³/mol. The highest BCUT2D eigenvalue weighted by Crippen LogP contribution is 2.29. The number of nitro groups is 1. The number of halogens is 1. The second-order valence-electron chi connectivity index (χ2n) is 4.96. The van der Waals surface area contributed by atoms with Crippen LogP contribution in [0.2, 0.25) is 0 Å². The standard InChI is InChI=1S/C13H17BrN2O4/c1-9(2)6-15(8-12(17)18)7-10-4-3-5-11(13(10)14)16(19)20/h3-5,9H,6-8H2,1-2H3,(H,17,18). The fraction of sp³-hybridized carbons (Fsp3) is 0.462. The van der Waals surface area contributed by atoms with Crippen molar-refractivity contribution >= 4 is 27.6 Å². The van der Waals surface area contributed by atoms with Gasteiger partial charge in [0, 0.05) is 19.2 Å². The third-order valence-corrected chi connectivity index (χ3v) is 3.55. The number of nitrogens with zero attached hydrogens (tertiary/aromatic N) is 2. The smallest absolute Gasteiger partial charge is 0.317 e. The molecule has 0 spiro atoms. The van der Waals surface area contributed by atoms with Crippen molar-refractivity contribution in [2.45, 2.75) is 20.4 Å². The molecule has 0 saturated carbocycles. The van der Waals surface area contributed by atoms with Crippen LogP contribution in [-0.4, -0.2) is 34.0 Å². The number of hydrogen-bond acceptors (Lipinski definition) is 4. The highest BCUT2D eigenvalue weighted by Gasteiger charge is 2.18. The molecular weight excluding hydrogens is 328 g/mol. The maximum atomic E-state index is 10.9. The second kappa shape index (κ2) is 7.35. The molecule has 0 aliphatic heterocycles. The molecule has 0 heterocycles. The van der Waals surface area contributed by atoms with Gasteiger partial charge in [-0.2, -0.15) is 0 Å². The molecular formula is C13H17BrN2O4. The monoisotopic (exact) mass is 344 g/mol. The lowest BCUT2D eigenvalue weighted by atomic mass is 10.1. The molecule has 1 N–H and O–H groups in total. The van der Waals surface area contributed by atoms with Crippen molar-refractivity contribution in [1.29, 1.82) is 0 Å².